The minimum Gasteiger partial charge on any atom is -0.368 e. The van der Waals surface area contributed by atoms with Gasteiger partial charge in [-0.05, 0) is 13.0 Å². The molecule has 0 aliphatic carbocycles. The van der Waals surface area contributed by atoms with Gasteiger partial charge in [-0.2, -0.15) is 5.10 Å². The third-order valence-electron chi connectivity index (χ3n) is 4.11. The predicted octanol–water partition coefficient (Wildman–Crippen LogP) is 0.857. The van der Waals surface area contributed by atoms with Gasteiger partial charge in [0.05, 0.1) is 25.0 Å². The molecule has 2 N–H and O–H groups in total. The molecule has 3 rings (SSSR count). The van der Waals surface area contributed by atoms with Crippen molar-refractivity contribution in [1.29, 1.82) is 0 Å². The number of H-pyrrole nitrogens is 1. The molecule has 0 bridgehead atoms. The van der Waals surface area contributed by atoms with Crippen LogP contribution in [0.3, 0.4) is 0 Å². The van der Waals surface area contributed by atoms with Crippen LogP contribution in [0.1, 0.15) is 23.1 Å². The first-order valence-electron chi connectivity index (χ1n) is 8.18. The third-order valence-corrected chi connectivity index (χ3v) is 4.11. The number of nitrogens with one attached hydrogen (secondary N) is 2. The van der Waals surface area contributed by atoms with E-state index in [2.05, 4.69) is 25.5 Å². The minimum absolute atomic E-state index is 0.115. The molecule has 2 amide bonds. The van der Waals surface area contributed by atoms with Crippen molar-refractivity contribution < 1.29 is 9.53 Å². The lowest BCUT2D eigenvalue weighted by atomic mass is 10.2. The lowest BCUT2D eigenvalue weighted by Gasteiger charge is -2.32. The molecule has 1 saturated heterocycles. The molecule has 0 saturated carbocycles. The molecule has 2 aromatic heterocycles. The van der Waals surface area contributed by atoms with Gasteiger partial charge >= 0.3 is 6.03 Å². The molecule has 134 valence electrons. The van der Waals surface area contributed by atoms with Crippen molar-refractivity contribution in [2.75, 3.05) is 38.7 Å². The van der Waals surface area contributed by atoms with Gasteiger partial charge in [-0.15, -0.1) is 0 Å². The predicted molar refractivity (Wildman–Crippen MR) is 92.2 cm³/mol. The SMILES string of the molecule is Cc1[nH]ncc1CNC(=O)N1CCO[C@H](c2ccnc(N(C)C)n2)C1. The van der Waals surface area contributed by atoms with Crippen molar-refractivity contribution in [1.82, 2.24) is 30.4 Å². The molecule has 0 aromatic carbocycles. The molecule has 1 fully saturated rings. The number of carbonyl (C=O) groups is 1. The molecular weight excluding hydrogens is 322 g/mol. The first kappa shape index (κ1) is 17.2. The maximum atomic E-state index is 12.4. The first-order valence-corrected chi connectivity index (χ1v) is 8.18. The fourth-order valence-corrected chi connectivity index (χ4v) is 2.61. The summed E-state index contributed by atoms with van der Waals surface area (Å²) in [7, 11) is 3.77. The number of anilines is 1. The van der Waals surface area contributed by atoms with Gasteiger partial charge < -0.3 is 19.9 Å². The van der Waals surface area contributed by atoms with E-state index in [4.69, 9.17) is 4.74 Å². The molecular formula is C16H23N7O2. The Morgan fingerprint density at radius 2 is 2.36 bits per heavy atom. The maximum absolute atomic E-state index is 12.4. The Balaban J connectivity index is 1.61. The summed E-state index contributed by atoms with van der Waals surface area (Å²) in [5, 5.41) is 9.75. The monoisotopic (exact) mass is 345 g/mol. The number of aromatic nitrogens is 4. The van der Waals surface area contributed by atoms with E-state index in [0.717, 1.165) is 17.0 Å². The van der Waals surface area contributed by atoms with Crippen LogP contribution in [0, 0.1) is 6.92 Å². The van der Waals surface area contributed by atoms with Gasteiger partial charge in [0.25, 0.3) is 0 Å². The highest BCUT2D eigenvalue weighted by Gasteiger charge is 2.26. The van der Waals surface area contributed by atoms with Crippen molar-refractivity contribution >= 4 is 12.0 Å². The lowest BCUT2D eigenvalue weighted by molar-refractivity contribution is -0.0176. The summed E-state index contributed by atoms with van der Waals surface area (Å²) in [4.78, 5) is 24.8. The largest absolute Gasteiger partial charge is 0.368 e. The van der Waals surface area contributed by atoms with Crippen LogP contribution in [0.25, 0.3) is 0 Å². The topological polar surface area (TPSA) is 99.3 Å². The highest BCUT2D eigenvalue weighted by atomic mass is 16.5. The van der Waals surface area contributed by atoms with Crippen LogP contribution in [0.5, 0.6) is 0 Å². The third kappa shape index (κ3) is 4.05. The Kier molecular flexibility index (Phi) is 5.13. The second-order valence-corrected chi connectivity index (χ2v) is 6.16. The number of carbonyl (C=O) groups excluding carboxylic acids is 1. The zero-order valence-corrected chi connectivity index (χ0v) is 14.7. The van der Waals surface area contributed by atoms with Crippen LogP contribution in [-0.4, -0.2) is 64.9 Å². The molecule has 1 aliphatic rings. The van der Waals surface area contributed by atoms with Crippen molar-refractivity contribution in [3.8, 4) is 0 Å². The molecule has 2 aromatic rings. The number of nitrogens with zero attached hydrogens (tertiary/aromatic N) is 5. The smallest absolute Gasteiger partial charge is 0.317 e. The molecule has 3 heterocycles. The van der Waals surface area contributed by atoms with E-state index >= 15 is 0 Å². The van der Waals surface area contributed by atoms with Crippen molar-refractivity contribution in [2.45, 2.75) is 19.6 Å². The molecule has 9 heteroatoms. The number of aryl methyl sites for hydroxylation is 1. The summed E-state index contributed by atoms with van der Waals surface area (Å²) in [6.07, 6.45) is 3.18. The van der Waals surface area contributed by atoms with Crippen LogP contribution in [-0.2, 0) is 11.3 Å². The second kappa shape index (κ2) is 7.47. The Hall–Kier alpha value is -2.68. The van der Waals surface area contributed by atoms with Crippen LogP contribution in [0.4, 0.5) is 10.7 Å². The Bertz CT molecular complexity index is 731. The van der Waals surface area contributed by atoms with E-state index in [1.54, 1.807) is 17.3 Å². The van der Waals surface area contributed by atoms with Crippen molar-refractivity contribution in [2.24, 2.45) is 0 Å². The van der Waals surface area contributed by atoms with Gasteiger partial charge in [0.1, 0.15) is 6.10 Å². The summed E-state index contributed by atoms with van der Waals surface area (Å²) in [6.45, 7) is 3.86. The fourth-order valence-electron chi connectivity index (χ4n) is 2.61. The number of urea groups is 1. The van der Waals surface area contributed by atoms with Crippen LogP contribution < -0.4 is 10.2 Å². The van der Waals surface area contributed by atoms with Crippen LogP contribution in [0.2, 0.25) is 0 Å². The summed E-state index contributed by atoms with van der Waals surface area (Å²) in [6, 6.07) is 1.71. The van der Waals surface area contributed by atoms with Gasteiger partial charge in [-0.25, -0.2) is 14.8 Å². The molecule has 25 heavy (non-hydrogen) atoms. The van der Waals surface area contributed by atoms with Gasteiger partial charge in [0, 0.05) is 44.6 Å². The van der Waals surface area contributed by atoms with E-state index in [-0.39, 0.29) is 12.1 Å². The lowest BCUT2D eigenvalue weighted by Crippen LogP contribution is -2.47. The van der Waals surface area contributed by atoms with E-state index in [1.807, 2.05) is 32.0 Å². The second-order valence-electron chi connectivity index (χ2n) is 6.16. The van der Waals surface area contributed by atoms with Gasteiger partial charge in [-0.1, -0.05) is 0 Å². The summed E-state index contributed by atoms with van der Waals surface area (Å²) < 4.78 is 5.80. The molecule has 0 radical (unpaired) electrons. The van der Waals surface area contributed by atoms with E-state index in [0.29, 0.717) is 32.2 Å². The van der Waals surface area contributed by atoms with E-state index in [1.165, 1.54) is 0 Å². The number of rotatable bonds is 4. The summed E-state index contributed by atoms with van der Waals surface area (Å²) in [5.74, 6) is 0.623. The first-order chi connectivity index (χ1) is 12.0. The Morgan fingerprint density at radius 1 is 1.52 bits per heavy atom. The molecule has 9 nitrogen and oxygen atoms in total. The Labute approximate surface area is 146 Å². The zero-order valence-electron chi connectivity index (χ0n) is 14.7. The van der Waals surface area contributed by atoms with E-state index < -0.39 is 0 Å². The van der Waals surface area contributed by atoms with Crippen LogP contribution >= 0.6 is 0 Å². The molecule has 1 aliphatic heterocycles. The average Bonchev–Trinajstić information content (AvgIpc) is 3.05. The average molecular weight is 345 g/mol. The quantitative estimate of drug-likeness (QED) is 0.852. The van der Waals surface area contributed by atoms with Crippen LogP contribution in [0.15, 0.2) is 18.5 Å². The number of ether oxygens (including phenoxy) is 1. The normalized spacial score (nSPS) is 17.4. The molecule has 0 unspecified atom stereocenters. The summed E-state index contributed by atoms with van der Waals surface area (Å²) in [5.41, 5.74) is 2.71. The number of aromatic amines is 1. The van der Waals surface area contributed by atoms with E-state index in [9.17, 15) is 4.79 Å². The minimum atomic E-state index is -0.253. The van der Waals surface area contributed by atoms with Gasteiger partial charge in [0.15, 0.2) is 0 Å². The van der Waals surface area contributed by atoms with Gasteiger partial charge in [0.2, 0.25) is 5.95 Å². The number of hydrogen-bond acceptors (Lipinski definition) is 6. The van der Waals surface area contributed by atoms with Crippen molar-refractivity contribution in [3.05, 3.63) is 35.4 Å². The highest BCUT2D eigenvalue weighted by molar-refractivity contribution is 5.74. The van der Waals surface area contributed by atoms with Gasteiger partial charge in [-0.3, -0.25) is 5.10 Å². The van der Waals surface area contributed by atoms with Crippen molar-refractivity contribution in [3.63, 3.8) is 0 Å². The fraction of sp³-hybridized carbons (Fsp3) is 0.500. The standard InChI is InChI=1S/C16H23N7O2/c1-11-12(9-19-21-11)8-18-16(24)23-6-7-25-14(10-23)13-4-5-17-15(20-13)22(2)3/h4-5,9,14H,6-8,10H2,1-3H3,(H,18,24)(H,19,21)/t14-/m0/s1. The molecule has 1 atom stereocenters. The maximum Gasteiger partial charge on any atom is 0.317 e. The number of hydrogen-bond donors (Lipinski definition) is 2. The molecule has 0 spiro atoms. The Morgan fingerprint density at radius 3 is 3.08 bits per heavy atom. The summed E-state index contributed by atoms with van der Waals surface area (Å²) >= 11 is 0. The number of morpholine rings is 1. The highest BCUT2D eigenvalue weighted by Crippen LogP contribution is 2.21. The number of amides is 2. The zero-order chi connectivity index (χ0) is 17.8.